The molecule has 0 atom stereocenters. The minimum absolute atomic E-state index is 0.0619. The quantitative estimate of drug-likeness (QED) is 0.644. The van der Waals surface area contributed by atoms with E-state index in [9.17, 15) is 18.4 Å². The Morgan fingerprint density at radius 2 is 1.73 bits per heavy atom. The predicted molar refractivity (Wildman–Crippen MR) is 106 cm³/mol. The number of amides is 3. The summed E-state index contributed by atoms with van der Waals surface area (Å²) in [5.74, 6) is 0.216. The zero-order valence-electron chi connectivity index (χ0n) is 16.8. The van der Waals surface area contributed by atoms with Gasteiger partial charge in [-0.05, 0) is 49.0 Å². The lowest BCUT2D eigenvalue weighted by molar-refractivity contribution is -0.120. The Morgan fingerprint density at radius 1 is 1.03 bits per heavy atom. The number of carbonyl (C=O) groups excluding carboxylic acids is 2. The van der Waals surface area contributed by atoms with E-state index in [2.05, 4.69) is 15.4 Å². The monoisotopic (exact) mass is 423 g/mol. The number of methoxy groups -OCH3 is 2. The highest BCUT2D eigenvalue weighted by molar-refractivity contribution is 6.01. The number of halogens is 2. The van der Waals surface area contributed by atoms with E-state index in [4.69, 9.17) is 9.47 Å². The Hall–Kier alpha value is -3.40. The van der Waals surface area contributed by atoms with E-state index < -0.39 is 18.5 Å². The van der Waals surface area contributed by atoms with Crippen molar-refractivity contribution in [2.75, 3.05) is 33.1 Å². The number of rotatable bonds is 9. The molecule has 0 saturated carbocycles. The Balaban J connectivity index is 1.85. The molecule has 0 bridgehead atoms. The fraction of sp³-hybridized carbons (Fsp3) is 0.300. The molecule has 0 spiro atoms. The molecule has 0 aliphatic carbocycles. The van der Waals surface area contributed by atoms with E-state index in [0.29, 0.717) is 23.5 Å². The maximum absolute atomic E-state index is 12.4. The summed E-state index contributed by atoms with van der Waals surface area (Å²) in [7, 11) is 4.55. The van der Waals surface area contributed by atoms with E-state index in [0.717, 1.165) is 0 Å². The summed E-state index contributed by atoms with van der Waals surface area (Å²) in [5.41, 5.74) is 1.22. The molecular weight excluding hydrogens is 400 g/mol. The molecule has 0 fully saturated rings. The molecule has 0 aromatic heterocycles. The van der Waals surface area contributed by atoms with Gasteiger partial charge in [-0.25, -0.2) is 4.79 Å². The highest BCUT2D eigenvalue weighted by Gasteiger charge is 2.14. The highest BCUT2D eigenvalue weighted by Crippen LogP contribution is 2.29. The summed E-state index contributed by atoms with van der Waals surface area (Å²) in [6.45, 7) is -2.70. The van der Waals surface area contributed by atoms with Gasteiger partial charge in [0.25, 0.3) is 0 Å². The average Bonchev–Trinajstić information content (AvgIpc) is 2.68. The van der Waals surface area contributed by atoms with Gasteiger partial charge in [0.1, 0.15) is 5.75 Å². The van der Waals surface area contributed by atoms with E-state index in [1.807, 2.05) is 0 Å². The Morgan fingerprint density at radius 3 is 2.33 bits per heavy atom. The first-order valence-corrected chi connectivity index (χ1v) is 8.86. The lowest BCUT2D eigenvalue weighted by Gasteiger charge is -2.17. The molecule has 8 nitrogen and oxygen atoms in total. The van der Waals surface area contributed by atoms with Gasteiger partial charge in [0.2, 0.25) is 5.91 Å². The highest BCUT2D eigenvalue weighted by atomic mass is 19.3. The number of benzene rings is 2. The fourth-order valence-electron chi connectivity index (χ4n) is 2.62. The molecule has 0 aliphatic rings. The largest absolute Gasteiger partial charge is 0.497 e. The van der Waals surface area contributed by atoms with Gasteiger partial charge in [-0.3, -0.25) is 15.0 Å². The van der Waals surface area contributed by atoms with Gasteiger partial charge in [-0.1, -0.05) is 6.07 Å². The van der Waals surface area contributed by atoms with Crippen molar-refractivity contribution in [1.29, 1.82) is 0 Å². The molecule has 0 radical (unpaired) electrons. The Bertz CT molecular complexity index is 862. The average molecular weight is 423 g/mol. The lowest BCUT2D eigenvalue weighted by atomic mass is 10.2. The number of nitrogens with one attached hydrogen (secondary N) is 2. The summed E-state index contributed by atoms with van der Waals surface area (Å²) in [4.78, 5) is 25.7. The van der Waals surface area contributed by atoms with Crippen LogP contribution in [0, 0.1) is 0 Å². The van der Waals surface area contributed by atoms with Crippen molar-refractivity contribution in [3.63, 3.8) is 0 Å². The first-order chi connectivity index (χ1) is 14.3. The summed E-state index contributed by atoms with van der Waals surface area (Å²) < 4.78 is 39.3. The van der Waals surface area contributed by atoms with Crippen molar-refractivity contribution in [1.82, 2.24) is 10.2 Å². The second-order valence-corrected chi connectivity index (χ2v) is 6.27. The van der Waals surface area contributed by atoms with Crippen LogP contribution in [0.25, 0.3) is 0 Å². The van der Waals surface area contributed by atoms with Crippen LogP contribution < -0.4 is 24.8 Å². The molecular formula is C20H23F2N3O5. The van der Waals surface area contributed by atoms with Crippen LogP contribution in [0.15, 0.2) is 42.5 Å². The van der Waals surface area contributed by atoms with Crippen molar-refractivity contribution in [3.8, 4) is 17.2 Å². The molecule has 2 aromatic carbocycles. The first kappa shape index (κ1) is 22.9. The molecule has 162 valence electrons. The van der Waals surface area contributed by atoms with Gasteiger partial charge in [0, 0.05) is 12.2 Å². The molecule has 0 unspecified atom stereocenters. The van der Waals surface area contributed by atoms with Crippen LogP contribution >= 0.6 is 0 Å². The minimum Gasteiger partial charge on any atom is -0.497 e. The van der Waals surface area contributed by atoms with Crippen LogP contribution in [0.4, 0.5) is 19.3 Å². The standard InChI is InChI=1S/C20H23F2N3O5/c1-25(11-13-4-9-16(30-19(21)22)17(10-13)29-3)12-18(26)24-20(27)23-14-5-7-15(28-2)8-6-14/h4-10,19H,11-12H2,1-3H3,(H2,23,24,26,27). The summed E-state index contributed by atoms with van der Waals surface area (Å²) in [5, 5.41) is 4.78. The minimum atomic E-state index is -2.96. The maximum atomic E-state index is 12.4. The third-order valence-corrected chi connectivity index (χ3v) is 3.91. The lowest BCUT2D eigenvalue weighted by Crippen LogP contribution is -2.40. The maximum Gasteiger partial charge on any atom is 0.387 e. The fourth-order valence-corrected chi connectivity index (χ4v) is 2.62. The van der Waals surface area contributed by atoms with E-state index in [1.165, 1.54) is 20.3 Å². The molecule has 2 rings (SSSR count). The van der Waals surface area contributed by atoms with Crippen molar-refractivity contribution in [3.05, 3.63) is 48.0 Å². The number of carbonyl (C=O) groups is 2. The van der Waals surface area contributed by atoms with Crippen molar-refractivity contribution < 1.29 is 32.6 Å². The summed E-state index contributed by atoms with van der Waals surface area (Å²) in [6, 6.07) is 10.5. The Kier molecular flexibility index (Phi) is 8.36. The number of imide groups is 1. The van der Waals surface area contributed by atoms with E-state index in [1.54, 1.807) is 48.3 Å². The van der Waals surface area contributed by atoms with Crippen molar-refractivity contribution in [2.24, 2.45) is 0 Å². The van der Waals surface area contributed by atoms with Crippen LogP contribution in [0.2, 0.25) is 0 Å². The first-order valence-electron chi connectivity index (χ1n) is 8.86. The van der Waals surface area contributed by atoms with Gasteiger partial charge in [0.15, 0.2) is 11.5 Å². The zero-order chi connectivity index (χ0) is 22.1. The van der Waals surface area contributed by atoms with Crippen LogP contribution in [0.5, 0.6) is 17.2 Å². The van der Waals surface area contributed by atoms with Crippen LogP contribution in [0.1, 0.15) is 5.56 Å². The molecule has 2 N–H and O–H groups in total. The SMILES string of the molecule is COc1ccc(NC(=O)NC(=O)CN(C)Cc2ccc(OC(F)F)c(OC)c2)cc1. The number of urea groups is 1. The number of likely N-dealkylation sites (N-methyl/N-ethyl adjacent to an activating group) is 1. The van der Waals surface area contributed by atoms with Gasteiger partial charge >= 0.3 is 12.6 Å². The molecule has 0 heterocycles. The van der Waals surface area contributed by atoms with Crippen molar-refractivity contribution in [2.45, 2.75) is 13.2 Å². The molecule has 0 aliphatic heterocycles. The van der Waals surface area contributed by atoms with Gasteiger partial charge in [-0.2, -0.15) is 8.78 Å². The topological polar surface area (TPSA) is 89.1 Å². The third-order valence-electron chi connectivity index (χ3n) is 3.91. The number of hydrogen-bond donors (Lipinski definition) is 2. The number of hydrogen-bond acceptors (Lipinski definition) is 6. The number of alkyl halides is 2. The number of anilines is 1. The van der Waals surface area contributed by atoms with Crippen LogP contribution in [-0.2, 0) is 11.3 Å². The van der Waals surface area contributed by atoms with Gasteiger partial charge in [0.05, 0.1) is 20.8 Å². The second kappa shape index (κ2) is 11.0. The normalized spacial score (nSPS) is 10.6. The molecule has 0 saturated heterocycles. The summed E-state index contributed by atoms with van der Waals surface area (Å²) >= 11 is 0. The Labute approximate surface area is 172 Å². The summed E-state index contributed by atoms with van der Waals surface area (Å²) in [6.07, 6.45) is 0. The van der Waals surface area contributed by atoms with Gasteiger partial charge < -0.3 is 19.5 Å². The smallest absolute Gasteiger partial charge is 0.387 e. The zero-order valence-corrected chi connectivity index (χ0v) is 16.8. The van der Waals surface area contributed by atoms with E-state index in [-0.39, 0.29) is 18.0 Å². The predicted octanol–water partition coefficient (Wildman–Crippen LogP) is 3.09. The van der Waals surface area contributed by atoms with Crippen LogP contribution in [-0.4, -0.2) is 51.3 Å². The van der Waals surface area contributed by atoms with Gasteiger partial charge in [-0.15, -0.1) is 0 Å². The second-order valence-electron chi connectivity index (χ2n) is 6.27. The number of nitrogens with zero attached hydrogens (tertiary/aromatic N) is 1. The molecule has 30 heavy (non-hydrogen) atoms. The molecule has 3 amide bonds. The van der Waals surface area contributed by atoms with E-state index >= 15 is 0 Å². The molecule has 2 aromatic rings. The third kappa shape index (κ3) is 7.21. The molecule has 10 heteroatoms. The van der Waals surface area contributed by atoms with Crippen molar-refractivity contribution >= 4 is 17.6 Å². The van der Waals surface area contributed by atoms with Crippen LogP contribution in [0.3, 0.4) is 0 Å². The number of ether oxygens (including phenoxy) is 3.